The predicted octanol–water partition coefficient (Wildman–Crippen LogP) is 0.492. The largest absolute Gasteiger partial charge is 0.480 e. The minimum atomic E-state index is -1.17. The Morgan fingerprint density at radius 2 is 2.05 bits per heavy atom. The third-order valence-corrected chi connectivity index (χ3v) is 3.00. The number of carboxylic acids is 1. The van der Waals surface area contributed by atoms with E-state index in [9.17, 15) is 14.4 Å². The van der Waals surface area contributed by atoms with Crippen molar-refractivity contribution in [3.05, 3.63) is 0 Å². The van der Waals surface area contributed by atoms with Crippen molar-refractivity contribution in [3.63, 3.8) is 0 Å². The minimum Gasteiger partial charge on any atom is -0.480 e. The lowest BCUT2D eigenvalue weighted by Crippen LogP contribution is -2.46. The fourth-order valence-electron chi connectivity index (χ4n) is 1.63. The van der Waals surface area contributed by atoms with Crippen molar-refractivity contribution in [2.24, 2.45) is 5.92 Å². The van der Waals surface area contributed by atoms with Crippen LogP contribution in [0.4, 0.5) is 4.79 Å². The standard InChI is InChI=1S/C12H20N2O5/c1-19-10(15)5-4-9(11(16)17)14-12(18)13-7-6-8-2-3-8/h8-9H,2-7H2,1H3,(H,16,17)(H2,13,14,18)/t9-/m0/s1. The van der Waals surface area contributed by atoms with Crippen LogP contribution in [-0.2, 0) is 14.3 Å². The maximum Gasteiger partial charge on any atom is 0.326 e. The average Bonchev–Trinajstić information content (AvgIpc) is 3.17. The maximum atomic E-state index is 11.5. The summed E-state index contributed by atoms with van der Waals surface area (Å²) in [6.07, 6.45) is 3.31. The van der Waals surface area contributed by atoms with Gasteiger partial charge in [-0.3, -0.25) is 4.79 Å². The molecular weight excluding hydrogens is 252 g/mol. The van der Waals surface area contributed by atoms with Crippen molar-refractivity contribution in [2.45, 2.75) is 38.1 Å². The molecule has 7 heteroatoms. The first-order valence-corrected chi connectivity index (χ1v) is 6.37. The summed E-state index contributed by atoms with van der Waals surface area (Å²) in [6, 6.07) is -1.60. The lowest BCUT2D eigenvalue weighted by atomic mass is 10.1. The van der Waals surface area contributed by atoms with Crippen LogP contribution in [0.5, 0.6) is 0 Å². The molecule has 0 aliphatic heterocycles. The molecule has 7 nitrogen and oxygen atoms in total. The third-order valence-electron chi connectivity index (χ3n) is 3.00. The topological polar surface area (TPSA) is 105 Å². The van der Waals surface area contributed by atoms with Gasteiger partial charge in [0, 0.05) is 13.0 Å². The molecule has 1 atom stereocenters. The number of carboxylic acid groups (broad SMARTS) is 1. The summed E-state index contributed by atoms with van der Waals surface area (Å²) in [5.41, 5.74) is 0. The maximum absolute atomic E-state index is 11.5. The fraction of sp³-hybridized carbons (Fsp3) is 0.750. The van der Waals surface area contributed by atoms with Crippen LogP contribution in [0.15, 0.2) is 0 Å². The molecule has 0 aromatic carbocycles. The molecule has 0 bridgehead atoms. The molecular formula is C12H20N2O5. The second-order valence-corrected chi connectivity index (χ2v) is 4.64. The molecule has 108 valence electrons. The Bertz CT molecular complexity index is 341. The zero-order chi connectivity index (χ0) is 14.3. The van der Waals surface area contributed by atoms with Gasteiger partial charge < -0.3 is 20.5 Å². The summed E-state index contributed by atoms with van der Waals surface area (Å²) in [5.74, 6) is -0.960. The number of hydrogen-bond acceptors (Lipinski definition) is 4. The van der Waals surface area contributed by atoms with E-state index in [-0.39, 0.29) is 12.8 Å². The first kappa shape index (κ1) is 15.3. The summed E-state index contributed by atoms with van der Waals surface area (Å²) in [6.45, 7) is 0.542. The number of ether oxygens (including phenoxy) is 1. The van der Waals surface area contributed by atoms with Crippen LogP contribution in [0.1, 0.15) is 32.1 Å². The number of methoxy groups -OCH3 is 1. The van der Waals surface area contributed by atoms with Crippen molar-refractivity contribution in [3.8, 4) is 0 Å². The second-order valence-electron chi connectivity index (χ2n) is 4.64. The normalized spacial score (nSPS) is 15.4. The smallest absolute Gasteiger partial charge is 0.326 e. The van der Waals surface area contributed by atoms with Gasteiger partial charge in [0.25, 0.3) is 0 Å². The van der Waals surface area contributed by atoms with Crippen LogP contribution < -0.4 is 10.6 Å². The Morgan fingerprint density at radius 3 is 2.58 bits per heavy atom. The van der Waals surface area contributed by atoms with Crippen molar-refractivity contribution in [1.82, 2.24) is 10.6 Å². The van der Waals surface area contributed by atoms with Gasteiger partial charge in [-0.25, -0.2) is 9.59 Å². The van der Waals surface area contributed by atoms with E-state index in [0.29, 0.717) is 12.5 Å². The van der Waals surface area contributed by atoms with Gasteiger partial charge >= 0.3 is 18.0 Å². The molecule has 0 saturated heterocycles. The number of rotatable bonds is 8. The molecule has 0 unspecified atom stereocenters. The summed E-state index contributed by atoms with van der Waals surface area (Å²) >= 11 is 0. The van der Waals surface area contributed by atoms with Crippen molar-refractivity contribution in [1.29, 1.82) is 0 Å². The third kappa shape index (κ3) is 6.64. The monoisotopic (exact) mass is 272 g/mol. The molecule has 19 heavy (non-hydrogen) atoms. The van der Waals surface area contributed by atoms with E-state index in [2.05, 4.69) is 15.4 Å². The second kappa shape index (κ2) is 7.60. The summed E-state index contributed by atoms with van der Waals surface area (Å²) in [4.78, 5) is 33.3. The SMILES string of the molecule is COC(=O)CC[C@H](NC(=O)NCCC1CC1)C(=O)O. The van der Waals surface area contributed by atoms with E-state index >= 15 is 0 Å². The van der Waals surface area contributed by atoms with Gasteiger partial charge in [0.15, 0.2) is 0 Å². The van der Waals surface area contributed by atoms with E-state index in [1.54, 1.807) is 0 Å². The number of aliphatic carboxylic acids is 1. The molecule has 3 N–H and O–H groups in total. The van der Waals surface area contributed by atoms with E-state index in [1.807, 2.05) is 0 Å². The van der Waals surface area contributed by atoms with Gasteiger partial charge in [-0.05, 0) is 18.8 Å². The van der Waals surface area contributed by atoms with Crippen molar-refractivity contribution >= 4 is 18.0 Å². The zero-order valence-corrected chi connectivity index (χ0v) is 11.0. The molecule has 1 rings (SSSR count). The highest BCUT2D eigenvalue weighted by molar-refractivity contribution is 5.83. The first-order chi connectivity index (χ1) is 9.02. The lowest BCUT2D eigenvalue weighted by Gasteiger charge is -2.14. The molecule has 0 spiro atoms. The van der Waals surface area contributed by atoms with Crippen molar-refractivity contribution in [2.75, 3.05) is 13.7 Å². The number of esters is 1. The highest BCUT2D eigenvalue weighted by atomic mass is 16.5. The zero-order valence-electron chi connectivity index (χ0n) is 11.0. The average molecular weight is 272 g/mol. The van der Waals surface area contributed by atoms with Crippen LogP contribution >= 0.6 is 0 Å². The van der Waals surface area contributed by atoms with E-state index < -0.39 is 24.0 Å². The van der Waals surface area contributed by atoms with Gasteiger partial charge in [0.05, 0.1) is 7.11 Å². The van der Waals surface area contributed by atoms with Crippen LogP contribution in [0.25, 0.3) is 0 Å². The van der Waals surface area contributed by atoms with E-state index in [0.717, 1.165) is 6.42 Å². The molecule has 1 saturated carbocycles. The fourth-order valence-corrected chi connectivity index (χ4v) is 1.63. The number of carbonyl (C=O) groups is 3. The molecule has 0 aromatic heterocycles. The Hall–Kier alpha value is -1.79. The summed E-state index contributed by atoms with van der Waals surface area (Å²) in [5, 5.41) is 13.9. The highest BCUT2D eigenvalue weighted by Crippen LogP contribution is 2.31. The lowest BCUT2D eigenvalue weighted by molar-refractivity contribution is -0.142. The van der Waals surface area contributed by atoms with Gasteiger partial charge in [-0.1, -0.05) is 12.8 Å². The van der Waals surface area contributed by atoms with Crippen LogP contribution in [-0.4, -0.2) is 42.8 Å². The number of amides is 2. The molecule has 0 radical (unpaired) electrons. The van der Waals surface area contributed by atoms with Gasteiger partial charge in [-0.15, -0.1) is 0 Å². The summed E-state index contributed by atoms with van der Waals surface area (Å²) in [7, 11) is 1.23. The molecule has 1 aliphatic carbocycles. The Labute approximate surface area is 111 Å². The molecule has 1 aliphatic rings. The van der Waals surface area contributed by atoms with Crippen molar-refractivity contribution < 1.29 is 24.2 Å². The highest BCUT2D eigenvalue weighted by Gasteiger charge is 2.23. The van der Waals surface area contributed by atoms with Gasteiger partial charge in [-0.2, -0.15) is 0 Å². The van der Waals surface area contributed by atoms with Crippen LogP contribution in [0.2, 0.25) is 0 Å². The number of carbonyl (C=O) groups excluding carboxylic acids is 2. The van der Waals surface area contributed by atoms with Crippen LogP contribution in [0.3, 0.4) is 0 Å². The Balaban J connectivity index is 2.23. The minimum absolute atomic E-state index is 0.0120. The first-order valence-electron chi connectivity index (χ1n) is 6.37. The number of urea groups is 1. The van der Waals surface area contributed by atoms with Gasteiger partial charge in [0.2, 0.25) is 0 Å². The van der Waals surface area contributed by atoms with Gasteiger partial charge in [0.1, 0.15) is 6.04 Å². The molecule has 2 amide bonds. The Kier molecular flexibility index (Phi) is 6.11. The Morgan fingerprint density at radius 1 is 1.37 bits per heavy atom. The van der Waals surface area contributed by atoms with E-state index in [4.69, 9.17) is 5.11 Å². The van der Waals surface area contributed by atoms with E-state index in [1.165, 1.54) is 20.0 Å². The number of hydrogen-bond donors (Lipinski definition) is 3. The summed E-state index contributed by atoms with van der Waals surface area (Å²) < 4.78 is 4.42. The molecule has 1 fully saturated rings. The molecule has 0 aromatic rings. The van der Waals surface area contributed by atoms with Crippen LogP contribution in [0, 0.1) is 5.92 Å². The number of nitrogens with one attached hydrogen (secondary N) is 2. The molecule has 0 heterocycles. The quantitative estimate of drug-likeness (QED) is 0.558. The predicted molar refractivity (Wildman–Crippen MR) is 66.5 cm³/mol.